The Bertz CT molecular complexity index is 246. The number of halogens is 1. The molecule has 1 aromatic rings. The second kappa shape index (κ2) is 4.92. The van der Waals surface area contributed by atoms with Crippen molar-refractivity contribution in [1.29, 1.82) is 0 Å². The molecule has 0 aliphatic heterocycles. The fourth-order valence-corrected chi connectivity index (χ4v) is 1.13. The fourth-order valence-electron chi connectivity index (χ4n) is 1.13. The minimum Gasteiger partial charge on any atom is -0.299 e. The van der Waals surface area contributed by atoms with Crippen molar-refractivity contribution in [2.45, 2.75) is 13.5 Å². The van der Waals surface area contributed by atoms with E-state index in [4.69, 9.17) is 0 Å². The third-order valence-corrected chi connectivity index (χ3v) is 1.89. The number of alkyl halides is 1. The molecule has 72 valence electrons. The van der Waals surface area contributed by atoms with Crippen molar-refractivity contribution in [2.24, 2.45) is 0 Å². The average Bonchev–Trinajstić information content (AvgIpc) is 2.09. The van der Waals surface area contributed by atoms with Crippen LogP contribution in [0, 0.1) is 6.92 Å². The van der Waals surface area contributed by atoms with E-state index >= 15 is 0 Å². The van der Waals surface area contributed by atoms with Crippen LogP contribution in [0.1, 0.15) is 11.3 Å². The summed E-state index contributed by atoms with van der Waals surface area (Å²) < 4.78 is 12.0. The Morgan fingerprint density at radius 2 is 2.23 bits per heavy atom. The normalized spacial score (nSPS) is 10.8. The van der Waals surface area contributed by atoms with Gasteiger partial charge in [-0.25, -0.2) is 4.39 Å². The molecule has 0 unspecified atom stereocenters. The van der Waals surface area contributed by atoms with Gasteiger partial charge in [0.25, 0.3) is 0 Å². The van der Waals surface area contributed by atoms with Crippen LogP contribution in [0.2, 0.25) is 0 Å². The Morgan fingerprint density at radius 1 is 1.46 bits per heavy atom. The van der Waals surface area contributed by atoms with Crippen molar-refractivity contribution in [3.05, 3.63) is 29.6 Å². The lowest BCUT2D eigenvalue weighted by Gasteiger charge is -2.13. The van der Waals surface area contributed by atoms with E-state index in [0.717, 1.165) is 17.8 Å². The van der Waals surface area contributed by atoms with Crippen molar-refractivity contribution in [3.63, 3.8) is 0 Å². The van der Waals surface area contributed by atoms with Crippen LogP contribution in [0.4, 0.5) is 4.39 Å². The van der Waals surface area contributed by atoms with E-state index in [9.17, 15) is 4.39 Å². The molecule has 0 fully saturated rings. The van der Waals surface area contributed by atoms with E-state index in [1.165, 1.54) is 0 Å². The molecule has 2 nitrogen and oxygen atoms in total. The van der Waals surface area contributed by atoms with Gasteiger partial charge in [-0.05, 0) is 25.6 Å². The van der Waals surface area contributed by atoms with Gasteiger partial charge in [0.2, 0.25) is 0 Å². The van der Waals surface area contributed by atoms with Gasteiger partial charge in [-0.3, -0.25) is 9.88 Å². The summed E-state index contributed by atoms with van der Waals surface area (Å²) in [5.41, 5.74) is 2.14. The second-order valence-corrected chi connectivity index (χ2v) is 3.23. The van der Waals surface area contributed by atoms with Gasteiger partial charge in [-0.1, -0.05) is 6.07 Å². The highest BCUT2D eigenvalue weighted by molar-refractivity contribution is 5.12. The second-order valence-electron chi connectivity index (χ2n) is 3.23. The number of nitrogens with zero attached hydrogens (tertiary/aromatic N) is 2. The molecule has 1 aromatic heterocycles. The molecule has 0 saturated heterocycles. The highest BCUT2D eigenvalue weighted by atomic mass is 19.1. The van der Waals surface area contributed by atoms with E-state index in [1.807, 2.05) is 37.2 Å². The molecule has 1 rings (SSSR count). The predicted octanol–water partition coefficient (Wildman–Crippen LogP) is 1.79. The standard InChI is InChI=1S/C10H15FN2/c1-9-3-4-10(7-12-9)8-13(2)6-5-11/h3-4,7H,5-6,8H2,1-2H3. The van der Waals surface area contributed by atoms with Gasteiger partial charge in [-0.2, -0.15) is 0 Å². The van der Waals surface area contributed by atoms with E-state index < -0.39 is 0 Å². The lowest BCUT2D eigenvalue weighted by Crippen LogP contribution is -2.20. The zero-order valence-electron chi connectivity index (χ0n) is 8.13. The van der Waals surface area contributed by atoms with Gasteiger partial charge in [0.05, 0.1) is 0 Å². The molecule has 0 saturated carbocycles. The van der Waals surface area contributed by atoms with Crippen LogP contribution < -0.4 is 0 Å². The van der Waals surface area contributed by atoms with Gasteiger partial charge in [-0.15, -0.1) is 0 Å². The monoisotopic (exact) mass is 182 g/mol. The van der Waals surface area contributed by atoms with Crippen molar-refractivity contribution in [2.75, 3.05) is 20.3 Å². The first-order valence-electron chi connectivity index (χ1n) is 4.38. The zero-order chi connectivity index (χ0) is 9.68. The van der Waals surface area contributed by atoms with Crippen molar-refractivity contribution in [3.8, 4) is 0 Å². The molecule has 13 heavy (non-hydrogen) atoms. The van der Waals surface area contributed by atoms with E-state index in [0.29, 0.717) is 6.54 Å². The molecule has 0 radical (unpaired) electrons. The Balaban J connectivity index is 2.49. The first kappa shape index (κ1) is 10.1. The van der Waals surface area contributed by atoms with Crippen LogP contribution >= 0.6 is 0 Å². The molecule has 0 aromatic carbocycles. The zero-order valence-corrected chi connectivity index (χ0v) is 8.13. The van der Waals surface area contributed by atoms with Crippen LogP contribution in [-0.4, -0.2) is 30.2 Å². The summed E-state index contributed by atoms with van der Waals surface area (Å²) in [4.78, 5) is 6.11. The number of hydrogen-bond acceptors (Lipinski definition) is 2. The van der Waals surface area contributed by atoms with E-state index in [-0.39, 0.29) is 6.67 Å². The Hall–Kier alpha value is -0.960. The Labute approximate surface area is 78.4 Å². The molecular formula is C10H15FN2. The topological polar surface area (TPSA) is 16.1 Å². The third kappa shape index (κ3) is 3.51. The minimum atomic E-state index is -0.296. The van der Waals surface area contributed by atoms with Gasteiger partial charge < -0.3 is 0 Å². The van der Waals surface area contributed by atoms with Crippen LogP contribution in [0.5, 0.6) is 0 Å². The number of hydrogen-bond donors (Lipinski definition) is 0. The fraction of sp³-hybridized carbons (Fsp3) is 0.500. The molecule has 0 spiro atoms. The van der Waals surface area contributed by atoms with Crippen LogP contribution in [-0.2, 0) is 6.54 Å². The molecule has 1 heterocycles. The smallest absolute Gasteiger partial charge is 0.102 e. The maximum Gasteiger partial charge on any atom is 0.102 e. The first-order chi connectivity index (χ1) is 6.22. The maximum atomic E-state index is 12.0. The van der Waals surface area contributed by atoms with Gasteiger partial charge in [0, 0.05) is 25.0 Å². The number of aromatic nitrogens is 1. The summed E-state index contributed by atoms with van der Waals surface area (Å²) in [5, 5.41) is 0. The third-order valence-electron chi connectivity index (χ3n) is 1.89. The summed E-state index contributed by atoms with van der Waals surface area (Å²) in [6, 6.07) is 4.00. The lowest BCUT2D eigenvalue weighted by atomic mass is 10.2. The summed E-state index contributed by atoms with van der Waals surface area (Å²) in [6.45, 7) is 2.90. The van der Waals surface area contributed by atoms with Crippen LogP contribution in [0.25, 0.3) is 0 Å². The van der Waals surface area contributed by atoms with Gasteiger partial charge >= 0.3 is 0 Å². The Kier molecular flexibility index (Phi) is 3.83. The first-order valence-corrected chi connectivity index (χ1v) is 4.38. The van der Waals surface area contributed by atoms with E-state index in [1.54, 1.807) is 0 Å². The number of aryl methyl sites for hydroxylation is 1. The van der Waals surface area contributed by atoms with Crippen LogP contribution in [0.15, 0.2) is 18.3 Å². The van der Waals surface area contributed by atoms with Gasteiger partial charge in [0.15, 0.2) is 0 Å². The minimum absolute atomic E-state index is 0.296. The molecular weight excluding hydrogens is 167 g/mol. The van der Waals surface area contributed by atoms with Crippen molar-refractivity contribution >= 4 is 0 Å². The highest BCUT2D eigenvalue weighted by Crippen LogP contribution is 2.02. The largest absolute Gasteiger partial charge is 0.299 e. The average molecular weight is 182 g/mol. The molecule has 3 heteroatoms. The highest BCUT2D eigenvalue weighted by Gasteiger charge is 1.99. The molecule has 0 atom stereocenters. The van der Waals surface area contributed by atoms with Crippen molar-refractivity contribution in [1.82, 2.24) is 9.88 Å². The van der Waals surface area contributed by atoms with Gasteiger partial charge in [0.1, 0.15) is 6.67 Å². The number of pyridine rings is 1. The molecule has 0 N–H and O–H groups in total. The van der Waals surface area contributed by atoms with Crippen molar-refractivity contribution < 1.29 is 4.39 Å². The molecule has 0 aliphatic rings. The maximum absolute atomic E-state index is 12.0. The SMILES string of the molecule is Cc1ccc(CN(C)CCF)cn1. The molecule has 0 aliphatic carbocycles. The Morgan fingerprint density at radius 3 is 2.77 bits per heavy atom. The predicted molar refractivity (Wildman–Crippen MR) is 51.3 cm³/mol. The van der Waals surface area contributed by atoms with E-state index in [2.05, 4.69) is 4.98 Å². The van der Waals surface area contributed by atoms with Crippen LogP contribution in [0.3, 0.4) is 0 Å². The quantitative estimate of drug-likeness (QED) is 0.705. The summed E-state index contributed by atoms with van der Waals surface area (Å²) in [6.07, 6.45) is 1.84. The summed E-state index contributed by atoms with van der Waals surface area (Å²) >= 11 is 0. The molecule has 0 bridgehead atoms. The molecule has 0 amide bonds. The summed E-state index contributed by atoms with van der Waals surface area (Å²) in [5.74, 6) is 0. The summed E-state index contributed by atoms with van der Waals surface area (Å²) in [7, 11) is 1.90. The lowest BCUT2D eigenvalue weighted by molar-refractivity contribution is 0.288. The number of rotatable bonds is 4.